The van der Waals surface area contributed by atoms with Gasteiger partial charge in [0.1, 0.15) is 32.7 Å². The first-order chi connectivity index (χ1) is 14.6. The van der Waals surface area contributed by atoms with E-state index in [0.29, 0.717) is 12.1 Å². The predicted octanol–water partition coefficient (Wildman–Crippen LogP) is -0.306. The van der Waals surface area contributed by atoms with E-state index in [-0.39, 0.29) is 11.6 Å². The number of rotatable bonds is 8. The molecule has 0 atom stereocenters. The van der Waals surface area contributed by atoms with Crippen molar-refractivity contribution in [1.82, 2.24) is 5.43 Å². The number of hydrogen-bond donors (Lipinski definition) is 3. The van der Waals surface area contributed by atoms with Gasteiger partial charge in [-0.15, -0.1) is 0 Å². The molecule has 156 valence electrons. The second-order valence-corrected chi connectivity index (χ2v) is 7.33. The number of nitro groups is 1. The molecule has 1 fully saturated rings. The van der Waals surface area contributed by atoms with Crippen molar-refractivity contribution in [2.75, 3.05) is 32.7 Å². The molecular weight excluding hydrogens is 382 g/mol. The van der Waals surface area contributed by atoms with E-state index in [1.165, 1.54) is 22.7 Å². The highest BCUT2D eigenvalue weighted by atomic mass is 16.6. The first kappa shape index (κ1) is 21.4. The van der Waals surface area contributed by atoms with Gasteiger partial charge in [-0.3, -0.25) is 14.9 Å². The Balaban J connectivity index is 1.38. The molecule has 30 heavy (non-hydrogen) atoms. The molecule has 2 aromatic carbocycles. The summed E-state index contributed by atoms with van der Waals surface area (Å²) in [6, 6.07) is 16.9. The van der Waals surface area contributed by atoms with Gasteiger partial charge in [0, 0.05) is 17.8 Å². The van der Waals surface area contributed by atoms with Gasteiger partial charge in [-0.05, 0) is 18.2 Å². The number of hydrogen-bond acceptors (Lipinski definition) is 4. The largest absolute Gasteiger partial charge is 0.322 e. The van der Waals surface area contributed by atoms with E-state index in [1.54, 1.807) is 35.3 Å². The smallest absolute Gasteiger partial charge is 0.295 e. The maximum Gasteiger partial charge on any atom is 0.295 e. The number of carbonyl (C=O) groups excluding carboxylic acids is 1. The molecule has 0 radical (unpaired) electrons. The molecule has 0 unspecified atom stereocenters. The summed E-state index contributed by atoms with van der Waals surface area (Å²) in [5.41, 5.74) is 4.38. The zero-order chi connectivity index (χ0) is 21.2. The molecule has 1 heterocycles. The van der Waals surface area contributed by atoms with Gasteiger partial charge in [0.25, 0.3) is 11.6 Å². The lowest BCUT2D eigenvalue weighted by Crippen LogP contribution is -3.28. The molecule has 1 amide bonds. The zero-order valence-electron chi connectivity index (χ0n) is 16.8. The van der Waals surface area contributed by atoms with Gasteiger partial charge in [0.2, 0.25) is 0 Å². The van der Waals surface area contributed by atoms with Crippen molar-refractivity contribution in [3.8, 4) is 0 Å². The van der Waals surface area contributed by atoms with Crippen LogP contribution in [-0.4, -0.2) is 49.8 Å². The molecule has 8 heteroatoms. The van der Waals surface area contributed by atoms with E-state index >= 15 is 0 Å². The quantitative estimate of drug-likeness (QED) is 0.317. The van der Waals surface area contributed by atoms with Gasteiger partial charge in [-0.25, -0.2) is 5.43 Å². The number of nitro benzene ring substituents is 1. The first-order valence-electron chi connectivity index (χ1n) is 10.0. The van der Waals surface area contributed by atoms with Crippen molar-refractivity contribution >= 4 is 23.9 Å². The summed E-state index contributed by atoms with van der Waals surface area (Å²) in [7, 11) is 0. The van der Waals surface area contributed by atoms with Gasteiger partial charge in [0.15, 0.2) is 6.54 Å². The number of amides is 1. The van der Waals surface area contributed by atoms with Crippen LogP contribution in [0.15, 0.2) is 65.8 Å². The summed E-state index contributed by atoms with van der Waals surface area (Å²) in [5.74, 6) is -0.133. The van der Waals surface area contributed by atoms with Crippen molar-refractivity contribution in [2.24, 2.45) is 5.10 Å². The SMILES string of the molecule is O=C(C[NH+]1CC[NH+](Cc2ccccc2)CC1)N/N=C\C=C\c1ccccc1[N+](=O)[O-]. The third-order valence-electron chi connectivity index (χ3n) is 5.13. The van der Waals surface area contributed by atoms with Crippen LogP contribution in [0.1, 0.15) is 11.1 Å². The molecule has 1 aliphatic heterocycles. The number of hydrazone groups is 1. The Labute approximate surface area is 175 Å². The fourth-order valence-electron chi connectivity index (χ4n) is 3.56. The van der Waals surface area contributed by atoms with Crippen molar-refractivity contribution in [3.63, 3.8) is 0 Å². The fourth-order valence-corrected chi connectivity index (χ4v) is 3.56. The minimum Gasteiger partial charge on any atom is -0.322 e. The molecule has 1 saturated heterocycles. The van der Waals surface area contributed by atoms with Gasteiger partial charge < -0.3 is 9.80 Å². The number of allylic oxidation sites excluding steroid dienone is 1. The Morgan fingerprint density at radius 2 is 1.70 bits per heavy atom. The second kappa shape index (κ2) is 11.0. The lowest BCUT2D eigenvalue weighted by Gasteiger charge is -2.29. The maximum absolute atomic E-state index is 12.1. The molecule has 3 rings (SSSR count). The molecule has 0 bridgehead atoms. The van der Waals surface area contributed by atoms with Crippen LogP contribution in [0.4, 0.5) is 5.69 Å². The molecule has 0 saturated carbocycles. The number of nitrogens with zero attached hydrogens (tertiary/aromatic N) is 2. The van der Waals surface area contributed by atoms with Crippen LogP contribution in [-0.2, 0) is 11.3 Å². The normalized spacial score (nSPS) is 19.2. The minimum atomic E-state index is -0.428. The monoisotopic (exact) mass is 409 g/mol. The number of para-hydroxylation sites is 1. The molecule has 0 aromatic heterocycles. The second-order valence-electron chi connectivity index (χ2n) is 7.33. The molecule has 8 nitrogen and oxygen atoms in total. The highest BCUT2D eigenvalue weighted by molar-refractivity contribution is 5.82. The summed E-state index contributed by atoms with van der Waals surface area (Å²) >= 11 is 0. The Morgan fingerprint density at radius 1 is 1.03 bits per heavy atom. The Kier molecular flexibility index (Phi) is 7.82. The van der Waals surface area contributed by atoms with Crippen LogP contribution in [0.25, 0.3) is 6.08 Å². The Hall–Kier alpha value is -3.36. The number of piperazine rings is 1. The third-order valence-corrected chi connectivity index (χ3v) is 5.13. The standard InChI is InChI=1S/C22H25N5O3/c28-22(24-23-12-6-10-20-9-4-5-11-21(20)27(29)30)18-26-15-13-25(14-16-26)17-19-7-2-1-3-8-19/h1-12H,13-18H2,(H,24,28)/p+2/b10-6+,23-12-. The minimum absolute atomic E-state index is 0.0309. The summed E-state index contributed by atoms with van der Waals surface area (Å²) < 4.78 is 0. The van der Waals surface area contributed by atoms with Crippen molar-refractivity contribution in [1.29, 1.82) is 0 Å². The molecule has 3 N–H and O–H groups in total. The topological polar surface area (TPSA) is 93.5 Å². The third kappa shape index (κ3) is 6.61. The van der Waals surface area contributed by atoms with Crippen molar-refractivity contribution in [3.05, 3.63) is 81.9 Å². The molecule has 1 aliphatic rings. The highest BCUT2D eigenvalue weighted by Crippen LogP contribution is 2.18. The average molecular weight is 409 g/mol. The number of nitrogens with one attached hydrogen (secondary N) is 3. The summed E-state index contributed by atoms with van der Waals surface area (Å²) in [4.78, 5) is 25.4. The highest BCUT2D eigenvalue weighted by Gasteiger charge is 2.24. The van der Waals surface area contributed by atoms with E-state index in [9.17, 15) is 14.9 Å². The van der Waals surface area contributed by atoms with Crippen LogP contribution in [0.3, 0.4) is 0 Å². The molecule has 2 aromatic rings. The average Bonchev–Trinajstić information content (AvgIpc) is 2.76. The van der Waals surface area contributed by atoms with E-state index < -0.39 is 4.92 Å². The van der Waals surface area contributed by atoms with Crippen molar-refractivity contribution in [2.45, 2.75) is 6.54 Å². The molecular formula is C22H27N5O3+2. The van der Waals surface area contributed by atoms with Crippen LogP contribution in [0, 0.1) is 10.1 Å². The molecule has 0 spiro atoms. The van der Waals surface area contributed by atoms with Crippen LogP contribution >= 0.6 is 0 Å². The van der Waals surface area contributed by atoms with E-state index in [0.717, 1.165) is 32.7 Å². The number of carbonyl (C=O) groups is 1. The van der Waals surface area contributed by atoms with Gasteiger partial charge in [-0.2, -0.15) is 5.10 Å². The van der Waals surface area contributed by atoms with E-state index in [4.69, 9.17) is 0 Å². The summed E-state index contributed by atoms with van der Waals surface area (Å²) in [6.45, 7) is 5.41. The van der Waals surface area contributed by atoms with Gasteiger partial charge >= 0.3 is 0 Å². The zero-order valence-corrected chi connectivity index (χ0v) is 16.8. The lowest BCUT2D eigenvalue weighted by molar-refractivity contribution is -1.02. The van der Waals surface area contributed by atoms with Gasteiger partial charge in [-0.1, -0.05) is 42.5 Å². The van der Waals surface area contributed by atoms with E-state index in [1.807, 2.05) is 6.07 Å². The van der Waals surface area contributed by atoms with Crippen LogP contribution in [0.2, 0.25) is 0 Å². The van der Waals surface area contributed by atoms with Crippen LogP contribution in [0.5, 0.6) is 0 Å². The van der Waals surface area contributed by atoms with E-state index in [2.05, 4.69) is 34.8 Å². The lowest BCUT2D eigenvalue weighted by atomic mass is 10.2. The summed E-state index contributed by atoms with van der Waals surface area (Å²) in [6.07, 6.45) is 4.58. The maximum atomic E-state index is 12.1. The molecule has 0 aliphatic carbocycles. The fraction of sp³-hybridized carbons (Fsp3) is 0.273. The summed E-state index contributed by atoms with van der Waals surface area (Å²) in [5, 5.41) is 14.9. The predicted molar refractivity (Wildman–Crippen MR) is 115 cm³/mol. The van der Waals surface area contributed by atoms with Crippen molar-refractivity contribution < 1.29 is 19.5 Å². The van der Waals surface area contributed by atoms with Crippen LogP contribution < -0.4 is 15.2 Å². The number of quaternary nitrogens is 2. The Morgan fingerprint density at radius 3 is 2.43 bits per heavy atom. The number of benzene rings is 2. The Bertz CT molecular complexity index is 906. The van der Waals surface area contributed by atoms with Gasteiger partial charge in [0.05, 0.1) is 10.5 Å². The first-order valence-corrected chi connectivity index (χ1v) is 10.0.